The van der Waals surface area contributed by atoms with Crippen molar-refractivity contribution in [2.45, 2.75) is 18.0 Å². The Hall–Kier alpha value is -3.16. The van der Waals surface area contributed by atoms with Gasteiger partial charge in [0.15, 0.2) is 0 Å². The molecule has 32 heavy (non-hydrogen) atoms. The van der Waals surface area contributed by atoms with Gasteiger partial charge in [0, 0.05) is 47.5 Å². The third-order valence-corrected chi connectivity index (χ3v) is 6.36. The Morgan fingerprint density at radius 3 is 2.66 bits per heavy atom. The lowest BCUT2D eigenvalue weighted by atomic mass is 10.1. The average Bonchev–Trinajstić information content (AvgIpc) is 2.86. The van der Waals surface area contributed by atoms with Crippen LogP contribution in [-0.4, -0.2) is 32.4 Å². The molecule has 6 nitrogen and oxygen atoms in total. The number of amides is 1. The van der Waals surface area contributed by atoms with Gasteiger partial charge in [0.05, 0.1) is 12.2 Å². The van der Waals surface area contributed by atoms with Gasteiger partial charge in [-0.1, -0.05) is 18.2 Å². The molecule has 166 valence electrons. The molecule has 0 radical (unpaired) electrons. The molecule has 0 spiro atoms. The van der Waals surface area contributed by atoms with Crippen LogP contribution in [0.25, 0.3) is 0 Å². The van der Waals surface area contributed by atoms with E-state index in [1.807, 2.05) is 55.8 Å². The highest BCUT2D eigenvalue weighted by molar-refractivity contribution is 7.98. The van der Waals surface area contributed by atoms with Gasteiger partial charge in [0.1, 0.15) is 12.4 Å². The van der Waals surface area contributed by atoms with E-state index in [2.05, 4.69) is 33.7 Å². The van der Waals surface area contributed by atoms with Crippen LogP contribution in [0, 0.1) is 0 Å². The largest absolute Gasteiger partial charge is 0.490 e. The average molecular weight is 449 g/mol. The number of hydrogen-bond donors (Lipinski definition) is 3. The fourth-order valence-corrected chi connectivity index (χ4v) is 4.32. The van der Waals surface area contributed by atoms with Gasteiger partial charge in [-0.05, 0) is 54.3 Å². The number of rotatable bonds is 7. The van der Waals surface area contributed by atoms with Crippen LogP contribution in [0.5, 0.6) is 5.75 Å². The molecular weight excluding hydrogens is 420 g/mol. The van der Waals surface area contributed by atoms with Gasteiger partial charge in [0.2, 0.25) is 0 Å². The van der Waals surface area contributed by atoms with Crippen LogP contribution >= 0.6 is 11.8 Å². The minimum atomic E-state index is -0.123. The van der Waals surface area contributed by atoms with Crippen LogP contribution in [0.4, 0.5) is 17.1 Å². The Balaban J connectivity index is 1.53. The van der Waals surface area contributed by atoms with Crippen LogP contribution in [0.3, 0.4) is 0 Å². The summed E-state index contributed by atoms with van der Waals surface area (Å²) in [7, 11) is 1.90. The van der Waals surface area contributed by atoms with Crippen molar-refractivity contribution in [2.24, 2.45) is 5.73 Å². The summed E-state index contributed by atoms with van der Waals surface area (Å²) in [5, 5.41) is 6.21. The minimum Gasteiger partial charge on any atom is -0.490 e. The lowest BCUT2D eigenvalue weighted by Gasteiger charge is -2.33. The predicted molar refractivity (Wildman–Crippen MR) is 132 cm³/mol. The molecule has 0 atom stereocenters. The normalized spacial score (nSPS) is 12.7. The first-order valence-electron chi connectivity index (χ1n) is 10.6. The number of nitrogens with zero attached hydrogens (tertiary/aromatic N) is 1. The van der Waals surface area contributed by atoms with E-state index < -0.39 is 0 Å². The van der Waals surface area contributed by atoms with Gasteiger partial charge in [0.25, 0.3) is 5.91 Å². The zero-order chi connectivity index (χ0) is 22.5. The summed E-state index contributed by atoms with van der Waals surface area (Å²) in [6.45, 7) is 2.16. The maximum atomic E-state index is 12.8. The molecule has 1 aliphatic rings. The molecule has 1 amide bonds. The third kappa shape index (κ3) is 4.54. The lowest BCUT2D eigenvalue weighted by Crippen LogP contribution is -2.30. The second-order valence-corrected chi connectivity index (χ2v) is 8.35. The summed E-state index contributed by atoms with van der Waals surface area (Å²) in [6, 6.07) is 19.9. The van der Waals surface area contributed by atoms with Crippen molar-refractivity contribution in [1.29, 1.82) is 0 Å². The molecule has 0 saturated carbocycles. The summed E-state index contributed by atoms with van der Waals surface area (Å²) in [6.07, 6.45) is 2.05. The van der Waals surface area contributed by atoms with Crippen molar-refractivity contribution in [3.63, 3.8) is 0 Å². The number of anilines is 3. The SMILES string of the molecule is CNc1cccc(N2CCOc3cc(C(=O)NCc4ccc(SC)cc4)ccc32)c1CN. The molecule has 1 aliphatic heterocycles. The lowest BCUT2D eigenvalue weighted by molar-refractivity contribution is 0.0950. The van der Waals surface area contributed by atoms with Gasteiger partial charge < -0.3 is 26.0 Å². The van der Waals surface area contributed by atoms with Crippen molar-refractivity contribution in [3.8, 4) is 5.75 Å². The summed E-state index contributed by atoms with van der Waals surface area (Å²) in [5.41, 5.74) is 11.8. The predicted octanol–water partition coefficient (Wildman–Crippen LogP) is 4.37. The first-order valence-corrected chi connectivity index (χ1v) is 11.8. The maximum Gasteiger partial charge on any atom is 0.251 e. The van der Waals surface area contributed by atoms with Crippen molar-refractivity contribution in [2.75, 3.05) is 36.7 Å². The van der Waals surface area contributed by atoms with Gasteiger partial charge >= 0.3 is 0 Å². The highest BCUT2D eigenvalue weighted by atomic mass is 32.2. The van der Waals surface area contributed by atoms with E-state index in [4.69, 9.17) is 10.5 Å². The quantitative estimate of drug-likeness (QED) is 0.466. The van der Waals surface area contributed by atoms with Gasteiger partial charge in [-0.3, -0.25) is 4.79 Å². The van der Waals surface area contributed by atoms with E-state index in [0.717, 1.165) is 28.2 Å². The Labute approximate surface area is 193 Å². The van der Waals surface area contributed by atoms with Gasteiger partial charge in [-0.2, -0.15) is 0 Å². The number of ether oxygens (including phenoxy) is 1. The summed E-state index contributed by atoms with van der Waals surface area (Å²) in [5.74, 6) is 0.577. The maximum absolute atomic E-state index is 12.8. The number of nitrogens with one attached hydrogen (secondary N) is 2. The topological polar surface area (TPSA) is 79.6 Å². The molecule has 0 aromatic heterocycles. The van der Waals surface area contributed by atoms with Crippen LogP contribution < -0.4 is 26.0 Å². The number of fused-ring (bicyclic) bond motifs is 1. The molecule has 0 bridgehead atoms. The fourth-order valence-electron chi connectivity index (χ4n) is 3.92. The Morgan fingerprint density at radius 2 is 1.94 bits per heavy atom. The zero-order valence-electron chi connectivity index (χ0n) is 18.4. The second-order valence-electron chi connectivity index (χ2n) is 7.47. The van der Waals surface area contributed by atoms with Crippen LogP contribution in [-0.2, 0) is 13.1 Å². The molecule has 0 unspecified atom stereocenters. The van der Waals surface area contributed by atoms with E-state index >= 15 is 0 Å². The summed E-state index contributed by atoms with van der Waals surface area (Å²) < 4.78 is 5.91. The monoisotopic (exact) mass is 448 g/mol. The fraction of sp³-hybridized carbons (Fsp3) is 0.240. The first kappa shape index (κ1) is 22.0. The van der Waals surface area contributed by atoms with Crippen molar-refractivity contribution in [1.82, 2.24) is 5.32 Å². The first-order chi connectivity index (χ1) is 15.6. The van der Waals surface area contributed by atoms with Crippen molar-refractivity contribution < 1.29 is 9.53 Å². The van der Waals surface area contributed by atoms with Crippen molar-refractivity contribution >= 4 is 34.7 Å². The van der Waals surface area contributed by atoms with Crippen LogP contribution in [0.2, 0.25) is 0 Å². The van der Waals surface area contributed by atoms with E-state index in [0.29, 0.717) is 37.6 Å². The summed E-state index contributed by atoms with van der Waals surface area (Å²) >= 11 is 1.70. The molecule has 7 heteroatoms. The Morgan fingerprint density at radius 1 is 1.12 bits per heavy atom. The third-order valence-electron chi connectivity index (χ3n) is 5.61. The highest BCUT2D eigenvalue weighted by Crippen LogP contribution is 2.40. The number of carbonyl (C=O) groups is 1. The minimum absolute atomic E-state index is 0.123. The van der Waals surface area contributed by atoms with E-state index in [1.54, 1.807) is 11.8 Å². The van der Waals surface area contributed by atoms with Crippen LogP contribution in [0.15, 0.2) is 65.6 Å². The number of benzene rings is 3. The molecule has 3 aromatic carbocycles. The molecule has 1 heterocycles. The standard InChI is InChI=1S/C25H28N4O2S/c1-27-21-4-3-5-22(20(21)15-26)29-12-13-31-24-14-18(8-11-23(24)29)25(30)28-16-17-6-9-19(32-2)10-7-17/h3-11,14,27H,12-13,15-16,26H2,1-2H3,(H,28,30). The number of nitrogens with two attached hydrogens (primary N) is 1. The second kappa shape index (κ2) is 9.97. The zero-order valence-corrected chi connectivity index (χ0v) is 19.2. The van der Waals surface area contributed by atoms with E-state index in [9.17, 15) is 4.79 Å². The molecule has 0 aliphatic carbocycles. The number of carbonyl (C=O) groups excluding carboxylic acids is 1. The Kier molecular flexibility index (Phi) is 6.87. The highest BCUT2D eigenvalue weighted by Gasteiger charge is 2.23. The summed E-state index contributed by atoms with van der Waals surface area (Å²) in [4.78, 5) is 16.2. The van der Waals surface area contributed by atoms with E-state index in [1.165, 1.54) is 4.90 Å². The molecular formula is C25H28N4O2S. The molecule has 0 saturated heterocycles. The van der Waals surface area contributed by atoms with Crippen LogP contribution in [0.1, 0.15) is 21.5 Å². The molecule has 0 fully saturated rings. The Bertz CT molecular complexity index is 1100. The number of hydrogen-bond acceptors (Lipinski definition) is 6. The van der Waals surface area contributed by atoms with E-state index in [-0.39, 0.29) is 5.91 Å². The molecule has 4 rings (SSSR count). The number of thioether (sulfide) groups is 1. The molecule has 4 N–H and O–H groups in total. The van der Waals surface area contributed by atoms with Gasteiger partial charge in [-0.25, -0.2) is 0 Å². The smallest absolute Gasteiger partial charge is 0.251 e. The van der Waals surface area contributed by atoms with Gasteiger partial charge in [-0.15, -0.1) is 11.8 Å². The van der Waals surface area contributed by atoms with Crippen molar-refractivity contribution in [3.05, 3.63) is 77.4 Å². The molecule has 3 aromatic rings.